The molecule has 0 amide bonds. The van der Waals surface area contributed by atoms with E-state index in [9.17, 15) is 5.11 Å². The lowest BCUT2D eigenvalue weighted by atomic mass is 9.95. The largest absolute Gasteiger partial charge is 0.392 e. The van der Waals surface area contributed by atoms with Gasteiger partial charge in [0.15, 0.2) is 0 Å². The van der Waals surface area contributed by atoms with Crippen LogP contribution in [0.15, 0.2) is 55.2 Å². The third-order valence-corrected chi connectivity index (χ3v) is 5.00. The van der Waals surface area contributed by atoms with Crippen LogP contribution in [0.4, 0.5) is 5.82 Å². The highest BCUT2D eigenvalue weighted by Crippen LogP contribution is 2.29. The van der Waals surface area contributed by atoms with E-state index in [1.165, 1.54) is 5.56 Å². The summed E-state index contributed by atoms with van der Waals surface area (Å²) in [7, 11) is 0. The van der Waals surface area contributed by atoms with Crippen molar-refractivity contribution in [2.24, 2.45) is 0 Å². The van der Waals surface area contributed by atoms with Gasteiger partial charge in [-0.25, -0.2) is 9.97 Å². The zero-order valence-electron chi connectivity index (χ0n) is 14.7. The number of imidazole rings is 1. The van der Waals surface area contributed by atoms with Crippen molar-refractivity contribution in [3.05, 3.63) is 72.2 Å². The number of piperidine rings is 1. The molecular formula is C20H23N5O. The molecule has 1 fully saturated rings. The van der Waals surface area contributed by atoms with Gasteiger partial charge in [-0.15, -0.1) is 0 Å². The lowest BCUT2D eigenvalue weighted by Crippen LogP contribution is -2.34. The molecule has 4 heterocycles. The highest BCUT2D eigenvalue weighted by atomic mass is 16.3. The summed E-state index contributed by atoms with van der Waals surface area (Å²) in [6.07, 6.45) is 11.5. The van der Waals surface area contributed by atoms with E-state index in [1.807, 2.05) is 30.6 Å². The number of aromatic nitrogens is 4. The lowest BCUT2D eigenvalue weighted by molar-refractivity contribution is 0.281. The number of pyridine rings is 2. The van der Waals surface area contributed by atoms with Gasteiger partial charge < -0.3 is 14.6 Å². The van der Waals surface area contributed by atoms with Crippen molar-refractivity contribution in [1.82, 2.24) is 19.5 Å². The highest BCUT2D eigenvalue weighted by molar-refractivity contribution is 5.41. The molecule has 0 unspecified atom stereocenters. The first-order chi connectivity index (χ1) is 12.8. The molecule has 1 N–H and O–H groups in total. The third kappa shape index (κ3) is 3.60. The molecule has 6 heteroatoms. The summed E-state index contributed by atoms with van der Waals surface area (Å²) in [5.41, 5.74) is 2.10. The number of rotatable bonds is 5. The minimum atomic E-state index is 0.0533. The van der Waals surface area contributed by atoms with Gasteiger partial charge in [-0.3, -0.25) is 4.98 Å². The molecule has 0 aromatic carbocycles. The number of hydrogen-bond acceptors (Lipinski definition) is 5. The Balaban J connectivity index is 1.43. The SMILES string of the molecule is OCc1ccnc(N2CCC(c3nccn3Cc3cccnc3)CC2)c1. The first-order valence-electron chi connectivity index (χ1n) is 9.04. The molecule has 0 radical (unpaired) electrons. The summed E-state index contributed by atoms with van der Waals surface area (Å²) in [5, 5.41) is 9.32. The predicted octanol–water partition coefficient (Wildman–Crippen LogP) is 2.60. The fourth-order valence-corrected chi connectivity index (χ4v) is 3.60. The minimum Gasteiger partial charge on any atom is -0.392 e. The number of anilines is 1. The second-order valence-electron chi connectivity index (χ2n) is 6.72. The highest BCUT2D eigenvalue weighted by Gasteiger charge is 2.24. The Morgan fingerprint density at radius 3 is 2.69 bits per heavy atom. The Morgan fingerprint density at radius 2 is 1.92 bits per heavy atom. The number of aliphatic hydroxyl groups is 1. The van der Waals surface area contributed by atoms with Gasteiger partial charge in [-0.2, -0.15) is 0 Å². The Bertz CT molecular complexity index is 840. The first-order valence-corrected chi connectivity index (χ1v) is 9.04. The molecule has 3 aromatic heterocycles. The summed E-state index contributed by atoms with van der Waals surface area (Å²) >= 11 is 0. The standard InChI is InChI=1S/C20H23N5O/c26-15-16-3-7-22-19(12-16)24-9-4-18(5-10-24)20-23-8-11-25(20)14-17-2-1-6-21-13-17/h1-3,6-8,11-13,18,26H,4-5,9-10,14-15H2. The van der Waals surface area contributed by atoms with Gasteiger partial charge in [0.2, 0.25) is 0 Å². The Kier molecular flexibility index (Phi) is 4.93. The van der Waals surface area contributed by atoms with Crippen LogP contribution in [0.2, 0.25) is 0 Å². The minimum absolute atomic E-state index is 0.0533. The van der Waals surface area contributed by atoms with Crippen LogP contribution in [0.3, 0.4) is 0 Å². The van der Waals surface area contributed by atoms with Gasteiger partial charge in [0, 0.05) is 50.0 Å². The van der Waals surface area contributed by atoms with Crippen molar-refractivity contribution in [1.29, 1.82) is 0 Å². The summed E-state index contributed by atoms with van der Waals surface area (Å²) < 4.78 is 2.24. The smallest absolute Gasteiger partial charge is 0.128 e. The van der Waals surface area contributed by atoms with E-state index in [0.29, 0.717) is 5.92 Å². The molecule has 0 aliphatic carbocycles. The van der Waals surface area contributed by atoms with Gasteiger partial charge in [-0.05, 0) is 42.2 Å². The van der Waals surface area contributed by atoms with E-state index in [2.05, 4.69) is 36.7 Å². The van der Waals surface area contributed by atoms with Gasteiger partial charge in [0.1, 0.15) is 11.6 Å². The van der Waals surface area contributed by atoms with Crippen LogP contribution >= 0.6 is 0 Å². The summed E-state index contributed by atoms with van der Waals surface area (Å²) in [6, 6.07) is 7.90. The molecule has 3 aromatic rings. The van der Waals surface area contributed by atoms with Crippen LogP contribution in [0.25, 0.3) is 0 Å². The topological polar surface area (TPSA) is 67.1 Å². The lowest BCUT2D eigenvalue weighted by Gasteiger charge is -2.33. The maximum atomic E-state index is 9.32. The van der Waals surface area contributed by atoms with Crippen molar-refractivity contribution >= 4 is 5.82 Å². The molecule has 0 saturated carbocycles. The van der Waals surface area contributed by atoms with Crippen LogP contribution in [0.1, 0.15) is 35.7 Å². The van der Waals surface area contributed by atoms with Gasteiger partial charge in [-0.1, -0.05) is 6.07 Å². The Labute approximate surface area is 153 Å². The van der Waals surface area contributed by atoms with E-state index in [0.717, 1.165) is 49.7 Å². The van der Waals surface area contributed by atoms with Crippen LogP contribution in [0, 0.1) is 0 Å². The molecule has 6 nitrogen and oxygen atoms in total. The Morgan fingerprint density at radius 1 is 1.04 bits per heavy atom. The zero-order valence-corrected chi connectivity index (χ0v) is 14.7. The third-order valence-electron chi connectivity index (χ3n) is 5.00. The van der Waals surface area contributed by atoms with Crippen LogP contribution in [0.5, 0.6) is 0 Å². The summed E-state index contributed by atoms with van der Waals surface area (Å²) in [4.78, 5) is 15.6. The van der Waals surface area contributed by atoms with Gasteiger partial charge >= 0.3 is 0 Å². The average Bonchev–Trinajstić information content (AvgIpc) is 3.17. The molecule has 1 aliphatic heterocycles. The maximum Gasteiger partial charge on any atom is 0.128 e. The van der Waals surface area contributed by atoms with E-state index in [-0.39, 0.29) is 6.61 Å². The Hall–Kier alpha value is -2.73. The van der Waals surface area contributed by atoms with Crippen molar-refractivity contribution in [2.75, 3.05) is 18.0 Å². The molecule has 0 bridgehead atoms. The fourth-order valence-electron chi connectivity index (χ4n) is 3.60. The average molecular weight is 349 g/mol. The molecule has 26 heavy (non-hydrogen) atoms. The van der Waals surface area contributed by atoms with Crippen LogP contribution in [-0.4, -0.2) is 37.7 Å². The summed E-state index contributed by atoms with van der Waals surface area (Å²) in [5.74, 6) is 2.57. The van der Waals surface area contributed by atoms with Crippen molar-refractivity contribution in [2.45, 2.75) is 31.9 Å². The first kappa shape index (κ1) is 16.7. The fraction of sp³-hybridized carbons (Fsp3) is 0.350. The molecular weight excluding hydrogens is 326 g/mol. The molecule has 0 spiro atoms. The monoisotopic (exact) mass is 349 g/mol. The van der Waals surface area contributed by atoms with Gasteiger partial charge in [0.25, 0.3) is 0 Å². The van der Waals surface area contributed by atoms with Crippen LogP contribution < -0.4 is 4.90 Å². The molecule has 1 saturated heterocycles. The predicted molar refractivity (Wildman–Crippen MR) is 99.9 cm³/mol. The summed E-state index contributed by atoms with van der Waals surface area (Å²) in [6.45, 7) is 2.76. The normalized spacial score (nSPS) is 15.3. The molecule has 1 aliphatic rings. The van der Waals surface area contributed by atoms with Crippen molar-refractivity contribution in [3.63, 3.8) is 0 Å². The quantitative estimate of drug-likeness (QED) is 0.767. The maximum absolute atomic E-state index is 9.32. The van der Waals surface area contributed by atoms with Gasteiger partial charge in [0.05, 0.1) is 13.2 Å². The number of aliphatic hydroxyl groups excluding tert-OH is 1. The van der Waals surface area contributed by atoms with Crippen LogP contribution in [-0.2, 0) is 13.2 Å². The van der Waals surface area contributed by atoms with E-state index in [4.69, 9.17) is 0 Å². The number of hydrogen-bond donors (Lipinski definition) is 1. The van der Waals surface area contributed by atoms with E-state index < -0.39 is 0 Å². The molecule has 0 atom stereocenters. The molecule has 134 valence electrons. The van der Waals surface area contributed by atoms with E-state index in [1.54, 1.807) is 12.4 Å². The second kappa shape index (κ2) is 7.66. The van der Waals surface area contributed by atoms with Crippen molar-refractivity contribution < 1.29 is 5.11 Å². The molecule has 4 rings (SSSR count). The van der Waals surface area contributed by atoms with E-state index >= 15 is 0 Å². The van der Waals surface area contributed by atoms with Crippen molar-refractivity contribution in [3.8, 4) is 0 Å². The second-order valence-corrected chi connectivity index (χ2v) is 6.72. The zero-order chi connectivity index (χ0) is 17.8. The number of nitrogens with zero attached hydrogens (tertiary/aromatic N) is 5.